The largest absolute Gasteiger partial charge is 0.496 e. The molecule has 1 amide bonds. The second-order valence-electron chi connectivity index (χ2n) is 9.94. The number of pyridine rings is 1. The minimum Gasteiger partial charge on any atom is -0.496 e. The first-order valence-corrected chi connectivity index (χ1v) is 11.8. The molecule has 0 radical (unpaired) electrons. The Balaban J connectivity index is 1.22. The first kappa shape index (κ1) is 20.7. The Kier molecular flexibility index (Phi) is 4.91. The van der Waals surface area contributed by atoms with E-state index in [0.29, 0.717) is 41.9 Å². The summed E-state index contributed by atoms with van der Waals surface area (Å²) in [5.74, 6) is 2.02. The molecule has 0 bridgehead atoms. The van der Waals surface area contributed by atoms with E-state index in [2.05, 4.69) is 16.0 Å². The predicted molar refractivity (Wildman–Crippen MR) is 122 cm³/mol. The summed E-state index contributed by atoms with van der Waals surface area (Å²) in [6.07, 6.45) is 4.78. The molecule has 2 saturated carbocycles. The van der Waals surface area contributed by atoms with E-state index >= 15 is 0 Å². The second kappa shape index (κ2) is 7.83. The van der Waals surface area contributed by atoms with Gasteiger partial charge in [0.1, 0.15) is 17.2 Å². The van der Waals surface area contributed by atoms with Crippen LogP contribution in [-0.2, 0) is 4.79 Å². The van der Waals surface area contributed by atoms with Crippen molar-refractivity contribution in [2.75, 3.05) is 20.2 Å². The summed E-state index contributed by atoms with van der Waals surface area (Å²) in [7, 11) is 1.59. The number of methoxy groups -OCH3 is 1. The summed E-state index contributed by atoms with van der Waals surface area (Å²) in [6, 6.07) is 8.63. The summed E-state index contributed by atoms with van der Waals surface area (Å²) >= 11 is 0. The number of amides is 1. The van der Waals surface area contributed by atoms with Crippen LogP contribution in [0.25, 0.3) is 22.2 Å². The lowest BCUT2D eigenvalue weighted by atomic mass is 9.81. The molecule has 3 aromatic rings. The number of rotatable bonds is 4. The van der Waals surface area contributed by atoms with E-state index in [1.54, 1.807) is 19.4 Å². The van der Waals surface area contributed by atoms with Gasteiger partial charge in [-0.25, -0.2) is 9.37 Å². The lowest BCUT2D eigenvalue weighted by molar-refractivity contribution is -0.141. The van der Waals surface area contributed by atoms with Gasteiger partial charge >= 0.3 is 0 Å². The standard InChI is InChI=1S/C26H28FN3O3/c1-33-24-3-2-18(27)10-21(24)20-4-5-28-25-22(20)11-23(29-25)14-6-16-12-30(13-17(16)7-14)26(32)15-8-19(31)9-15/h2-5,10-11,14-17,19,31H,6-9,12-13H2,1H3,(H,28,29)/t14-,15?,16-,17+,19?. The van der Waals surface area contributed by atoms with Crippen LogP contribution >= 0.6 is 0 Å². The number of ether oxygens (including phenoxy) is 1. The number of halogens is 1. The van der Waals surface area contributed by atoms with Crippen molar-refractivity contribution in [2.45, 2.75) is 37.7 Å². The fourth-order valence-corrected chi connectivity index (χ4v) is 6.17. The Bertz CT molecular complexity index is 1200. The fourth-order valence-electron chi connectivity index (χ4n) is 6.17. The zero-order valence-corrected chi connectivity index (χ0v) is 18.6. The average molecular weight is 450 g/mol. The number of H-pyrrole nitrogens is 1. The Morgan fingerprint density at radius 3 is 2.58 bits per heavy atom. The van der Waals surface area contributed by atoms with Crippen molar-refractivity contribution in [2.24, 2.45) is 17.8 Å². The molecule has 6 nitrogen and oxygen atoms in total. The minimum atomic E-state index is -0.300. The zero-order chi connectivity index (χ0) is 22.7. The highest BCUT2D eigenvalue weighted by molar-refractivity contribution is 5.95. The summed E-state index contributed by atoms with van der Waals surface area (Å²) in [5.41, 5.74) is 3.58. The second-order valence-corrected chi connectivity index (χ2v) is 9.94. The summed E-state index contributed by atoms with van der Waals surface area (Å²) in [6.45, 7) is 1.66. The fraction of sp³-hybridized carbons (Fsp3) is 0.462. The molecule has 0 spiro atoms. The van der Waals surface area contributed by atoms with Crippen molar-refractivity contribution >= 4 is 16.9 Å². The molecule has 1 aliphatic heterocycles. The normalized spacial score (nSPS) is 28.7. The van der Waals surface area contributed by atoms with Crippen LogP contribution in [0.15, 0.2) is 36.5 Å². The first-order chi connectivity index (χ1) is 16.0. The van der Waals surface area contributed by atoms with E-state index in [1.807, 2.05) is 11.0 Å². The van der Waals surface area contributed by atoms with E-state index in [9.17, 15) is 14.3 Å². The van der Waals surface area contributed by atoms with Crippen molar-refractivity contribution in [3.05, 3.63) is 48.0 Å². The third-order valence-electron chi connectivity index (χ3n) is 7.97. The number of carbonyl (C=O) groups is 1. The van der Waals surface area contributed by atoms with Gasteiger partial charge in [-0.15, -0.1) is 0 Å². The Morgan fingerprint density at radius 1 is 1.12 bits per heavy atom. The molecular formula is C26H28FN3O3. The van der Waals surface area contributed by atoms with Crippen LogP contribution in [0.3, 0.4) is 0 Å². The van der Waals surface area contributed by atoms with Crippen LogP contribution in [-0.4, -0.2) is 52.2 Å². The molecule has 1 aromatic carbocycles. The smallest absolute Gasteiger partial charge is 0.225 e. The van der Waals surface area contributed by atoms with Gasteiger partial charge in [0.15, 0.2) is 0 Å². The maximum atomic E-state index is 14.0. The lowest BCUT2D eigenvalue weighted by Gasteiger charge is -2.33. The highest BCUT2D eigenvalue weighted by Gasteiger charge is 2.45. The third kappa shape index (κ3) is 3.50. The quantitative estimate of drug-likeness (QED) is 0.629. The number of aromatic amines is 1. The molecular weight excluding hydrogens is 421 g/mol. The van der Waals surface area contributed by atoms with Crippen LogP contribution in [0.1, 0.15) is 37.3 Å². The van der Waals surface area contributed by atoms with Crippen molar-refractivity contribution in [1.29, 1.82) is 0 Å². The topological polar surface area (TPSA) is 78.5 Å². The molecule has 3 aliphatic rings. The molecule has 2 aromatic heterocycles. The third-order valence-corrected chi connectivity index (χ3v) is 7.97. The molecule has 3 atom stereocenters. The number of aliphatic hydroxyl groups is 1. The summed E-state index contributed by atoms with van der Waals surface area (Å²) in [4.78, 5) is 22.7. The first-order valence-electron chi connectivity index (χ1n) is 11.8. The van der Waals surface area contributed by atoms with E-state index in [1.165, 1.54) is 12.1 Å². The van der Waals surface area contributed by atoms with Crippen LogP contribution in [0.4, 0.5) is 4.39 Å². The van der Waals surface area contributed by atoms with Gasteiger partial charge < -0.3 is 19.7 Å². The molecule has 1 saturated heterocycles. The van der Waals surface area contributed by atoms with Gasteiger partial charge in [-0.2, -0.15) is 0 Å². The molecule has 6 rings (SSSR count). The number of nitrogens with zero attached hydrogens (tertiary/aromatic N) is 2. The Labute approximate surface area is 191 Å². The lowest BCUT2D eigenvalue weighted by Crippen LogP contribution is -2.43. The van der Waals surface area contributed by atoms with Crippen molar-refractivity contribution in [3.63, 3.8) is 0 Å². The van der Waals surface area contributed by atoms with E-state index < -0.39 is 0 Å². The highest BCUT2D eigenvalue weighted by atomic mass is 19.1. The molecule has 2 N–H and O–H groups in total. The van der Waals surface area contributed by atoms with Crippen molar-refractivity contribution in [3.8, 4) is 16.9 Å². The van der Waals surface area contributed by atoms with Crippen LogP contribution < -0.4 is 4.74 Å². The number of hydrogen-bond donors (Lipinski definition) is 2. The zero-order valence-electron chi connectivity index (χ0n) is 18.6. The maximum Gasteiger partial charge on any atom is 0.225 e. The van der Waals surface area contributed by atoms with E-state index in [4.69, 9.17) is 4.74 Å². The molecule has 0 unspecified atom stereocenters. The van der Waals surface area contributed by atoms with Gasteiger partial charge in [-0.3, -0.25) is 4.79 Å². The average Bonchev–Trinajstić information content (AvgIpc) is 3.48. The number of benzene rings is 1. The van der Waals surface area contributed by atoms with Crippen LogP contribution in [0.5, 0.6) is 5.75 Å². The minimum absolute atomic E-state index is 0.0210. The summed E-state index contributed by atoms with van der Waals surface area (Å²) in [5, 5.41) is 10.5. The molecule has 172 valence electrons. The maximum absolute atomic E-state index is 14.0. The molecule has 3 fully saturated rings. The Hall–Kier alpha value is -2.93. The molecule has 33 heavy (non-hydrogen) atoms. The van der Waals surface area contributed by atoms with E-state index in [0.717, 1.165) is 48.2 Å². The van der Waals surface area contributed by atoms with E-state index in [-0.39, 0.29) is 23.7 Å². The number of likely N-dealkylation sites (tertiary alicyclic amines) is 1. The van der Waals surface area contributed by atoms with Crippen molar-refractivity contribution in [1.82, 2.24) is 14.9 Å². The van der Waals surface area contributed by atoms with Gasteiger partial charge in [-0.1, -0.05) is 0 Å². The highest BCUT2D eigenvalue weighted by Crippen LogP contribution is 2.47. The van der Waals surface area contributed by atoms with Crippen LogP contribution in [0.2, 0.25) is 0 Å². The SMILES string of the molecule is COc1ccc(F)cc1-c1ccnc2[nH]c([C@@H]3C[C@@H]4CN(C(=O)C5CC(O)C5)C[C@@H]4C3)cc12. The van der Waals surface area contributed by atoms with Gasteiger partial charge in [-0.05, 0) is 79.3 Å². The molecule has 2 aliphatic carbocycles. The Morgan fingerprint density at radius 2 is 1.88 bits per heavy atom. The monoisotopic (exact) mass is 449 g/mol. The van der Waals surface area contributed by atoms with Gasteiger partial charge in [0.2, 0.25) is 5.91 Å². The van der Waals surface area contributed by atoms with Crippen molar-refractivity contribution < 1.29 is 19.0 Å². The number of carbonyl (C=O) groups excluding carboxylic acids is 1. The number of aromatic nitrogens is 2. The number of hydrogen-bond acceptors (Lipinski definition) is 4. The number of nitrogens with one attached hydrogen (secondary N) is 1. The van der Waals surface area contributed by atoms with Gasteiger partial charge in [0.25, 0.3) is 0 Å². The molecule has 3 heterocycles. The van der Waals surface area contributed by atoms with Gasteiger partial charge in [0.05, 0.1) is 13.2 Å². The van der Waals surface area contributed by atoms with Crippen LogP contribution in [0, 0.1) is 23.6 Å². The predicted octanol–water partition coefficient (Wildman–Crippen LogP) is 4.10. The van der Waals surface area contributed by atoms with Gasteiger partial charge in [0, 0.05) is 41.8 Å². The number of fused-ring (bicyclic) bond motifs is 2. The number of aliphatic hydroxyl groups excluding tert-OH is 1. The molecule has 7 heteroatoms. The summed E-state index contributed by atoms with van der Waals surface area (Å²) < 4.78 is 19.5.